The van der Waals surface area contributed by atoms with Crippen molar-refractivity contribution in [3.05, 3.63) is 138 Å². The van der Waals surface area contributed by atoms with E-state index in [0.717, 1.165) is 81.5 Å². The van der Waals surface area contributed by atoms with Gasteiger partial charge in [-0.1, -0.05) is 78.9 Å². The van der Waals surface area contributed by atoms with Crippen molar-refractivity contribution >= 4 is 17.5 Å². The second-order valence-corrected chi connectivity index (χ2v) is 11.7. The summed E-state index contributed by atoms with van der Waals surface area (Å²) in [4.78, 5) is 22.9. The first-order valence-electron chi connectivity index (χ1n) is 15.2. The number of carbonyl (C=O) groups excluding carboxylic acids is 1. The number of aromatic nitrogens is 3. The van der Waals surface area contributed by atoms with E-state index in [9.17, 15) is 4.79 Å². The van der Waals surface area contributed by atoms with Crippen molar-refractivity contribution in [1.82, 2.24) is 14.5 Å². The fourth-order valence-corrected chi connectivity index (χ4v) is 6.27. The van der Waals surface area contributed by atoms with E-state index < -0.39 is 0 Å². The third-order valence-electron chi connectivity index (χ3n) is 8.91. The minimum atomic E-state index is -0.367. The van der Waals surface area contributed by atoms with E-state index in [4.69, 9.17) is 20.4 Å². The number of pyridine rings is 1. The molecule has 3 heterocycles. The highest BCUT2D eigenvalue weighted by Gasteiger charge is 2.34. The summed E-state index contributed by atoms with van der Waals surface area (Å²) in [6.07, 6.45) is 4.95. The Labute approximate surface area is 261 Å². The molecule has 0 atom stereocenters. The van der Waals surface area contributed by atoms with Crippen LogP contribution in [-0.4, -0.2) is 20.5 Å². The Bertz CT molecular complexity index is 2030. The summed E-state index contributed by atoms with van der Waals surface area (Å²) >= 11 is 0. The summed E-state index contributed by atoms with van der Waals surface area (Å²) < 4.78 is 7.77. The number of anilines is 2. The highest BCUT2D eigenvalue weighted by Crippen LogP contribution is 2.45. The Kier molecular flexibility index (Phi) is 6.54. The average molecular weight is 590 g/mol. The molecule has 0 spiro atoms. The van der Waals surface area contributed by atoms with Crippen LogP contribution in [0.1, 0.15) is 40.7 Å². The number of para-hydroxylation sites is 1. The third kappa shape index (κ3) is 4.78. The minimum absolute atomic E-state index is 0.223. The van der Waals surface area contributed by atoms with E-state index in [-0.39, 0.29) is 18.1 Å². The minimum Gasteiger partial charge on any atom is -0.457 e. The van der Waals surface area contributed by atoms with Gasteiger partial charge in [-0.15, -0.1) is 0 Å². The number of rotatable bonds is 6. The summed E-state index contributed by atoms with van der Waals surface area (Å²) in [5.74, 6) is 1.19. The maximum atomic E-state index is 12.9. The monoisotopic (exact) mass is 589 g/mol. The van der Waals surface area contributed by atoms with Crippen molar-refractivity contribution in [3.63, 3.8) is 0 Å². The zero-order valence-corrected chi connectivity index (χ0v) is 24.6. The quantitative estimate of drug-likeness (QED) is 0.191. The van der Waals surface area contributed by atoms with Crippen LogP contribution in [0.4, 0.5) is 11.5 Å². The van der Waals surface area contributed by atoms with E-state index in [0.29, 0.717) is 5.56 Å². The van der Waals surface area contributed by atoms with Crippen LogP contribution in [0.25, 0.3) is 39.6 Å². The van der Waals surface area contributed by atoms with Gasteiger partial charge in [-0.25, -0.2) is 14.8 Å². The van der Waals surface area contributed by atoms with Crippen LogP contribution in [0.5, 0.6) is 0 Å². The average Bonchev–Trinajstić information content (AvgIpc) is 3.41. The van der Waals surface area contributed by atoms with Crippen LogP contribution in [0.3, 0.4) is 0 Å². The van der Waals surface area contributed by atoms with Gasteiger partial charge in [0.15, 0.2) is 5.82 Å². The van der Waals surface area contributed by atoms with Crippen LogP contribution in [0.2, 0.25) is 0 Å². The number of nitrogens with one attached hydrogen (secondary N) is 1. The van der Waals surface area contributed by atoms with Crippen LogP contribution in [0, 0.1) is 0 Å². The molecule has 45 heavy (non-hydrogen) atoms. The summed E-state index contributed by atoms with van der Waals surface area (Å²) in [5.41, 5.74) is 15.5. The highest BCUT2D eigenvalue weighted by atomic mass is 16.5. The molecule has 0 unspecified atom stereocenters. The van der Waals surface area contributed by atoms with E-state index in [2.05, 4.69) is 46.3 Å². The van der Waals surface area contributed by atoms with Crippen LogP contribution < -0.4 is 11.1 Å². The zero-order valence-electron chi connectivity index (χ0n) is 24.6. The topological polar surface area (TPSA) is 95.1 Å². The molecule has 1 fully saturated rings. The molecule has 1 saturated carbocycles. The Morgan fingerprint density at radius 2 is 1.58 bits per heavy atom. The van der Waals surface area contributed by atoms with Gasteiger partial charge in [-0.3, -0.25) is 4.57 Å². The molecule has 220 valence electrons. The molecule has 1 aliphatic carbocycles. The molecule has 2 aliphatic rings. The first-order valence-corrected chi connectivity index (χ1v) is 15.2. The van der Waals surface area contributed by atoms with Crippen LogP contribution in [0.15, 0.2) is 121 Å². The predicted molar refractivity (Wildman–Crippen MR) is 176 cm³/mol. The lowest BCUT2D eigenvalue weighted by Gasteiger charge is -2.38. The number of fused-ring (bicyclic) bond motifs is 5. The molecule has 4 aromatic carbocycles. The van der Waals surface area contributed by atoms with Crippen molar-refractivity contribution in [2.45, 2.75) is 31.4 Å². The van der Waals surface area contributed by atoms with Gasteiger partial charge in [0, 0.05) is 28.4 Å². The molecule has 0 amide bonds. The Morgan fingerprint density at radius 3 is 2.33 bits per heavy atom. The van der Waals surface area contributed by atoms with Gasteiger partial charge >= 0.3 is 5.97 Å². The number of hydrogen-bond donors (Lipinski definition) is 2. The van der Waals surface area contributed by atoms with Crippen molar-refractivity contribution in [3.8, 4) is 39.6 Å². The second kappa shape index (κ2) is 10.9. The van der Waals surface area contributed by atoms with Gasteiger partial charge in [0.05, 0.1) is 28.3 Å². The first kappa shape index (κ1) is 27.0. The molecule has 6 aromatic rings. The van der Waals surface area contributed by atoms with Gasteiger partial charge in [-0.2, -0.15) is 0 Å². The molecule has 1 aliphatic heterocycles. The summed E-state index contributed by atoms with van der Waals surface area (Å²) in [7, 11) is 0. The molecule has 7 heteroatoms. The molecule has 3 N–H and O–H groups in total. The fraction of sp³-hybridized carbons (Fsp3) is 0.132. The maximum Gasteiger partial charge on any atom is 0.338 e. The van der Waals surface area contributed by atoms with E-state index >= 15 is 0 Å². The Balaban J connectivity index is 1.25. The predicted octanol–water partition coefficient (Wildman–Crippen LogP) is 8.02. The van der Waals surface area contributed by atoms with Gasteiger partial charge < -0.3 is 15.8 Å². The molecular weight excluding hydrogens is 558 g/mol. The maximum absolute atomic E-state index is 12.9. The molecule has 8 rings (SSSR count). The molecular formula is C38H31N5O2. The Hall–Kier alpha value is -5.53. The lowest BCUT2D eigenvalue weighted by atomic mass is 9.72. The third-order valence-corrected chi connectivity index (χ3v) is 8.91. The summed E-state index contributed by atoms with van der Waals surface area (Å²) in [5, 5.41) is 3.52. The number of nitrogens with zero attached hydrogens (tertiary/aromatic N) is 3. The van der Waals surface area contributed by atoms with Crippen LogP contribution in [-0.2, 0) is 16.9 Å². The number of imidazole rings is 1. The largest absolute Gasteiger partial charge is 0.457 e. The van der Waals surface area contributed by atoms with Crippen LogP contribution >= 0.6 is 0 Å². The van der Waals surface area contributed by atoms with Gasteiger partial charge in [0.1, 0.15) is 12.4 Å². The van der Waals surface area contributed by atoms with Gasteiger partial charge in [0.25, 0.3) is 0 Å². The number of benzene rings is 4. The van der Waals surface area contributed by atoms with Gasteiger partial charge in [-0.05, 0) is 66.8 Å². The molecule has 7 nitrogen and oxygen atoms in total. The van der Waals surface area contributed by atoms with E-state index in [1.54, 1.807) is 18.3 Å². The molecule has 0 saturated heterocycles. The lowest BCUT2D eigenvalue weighted by Crippen LogP contribution is -2.43. The van der Waals surface area contributed by atoms with Crippen molar-refractivity contribution < 1.29 is 9.53 Å². The first-order chi connectivity index (χ1) is 22.1. The normalized spacial score (nSPS) is 14.2. The number of esters is 1. The molecule has 0 bridgehead atoms. The Morgan fingerprint density at radius 1 is 0.844 bits per heavy atom. The molecule has 2 aromatic heterocycles. The van der Waals surface area contributed by atoms with Crippen molar-refractivity contribution in [1.29, 1.82) is 0 Å². The zero-order chi connectivity index (χ0) is 30.4. The smallest absolute Gasteiger partial charge is 0.338 e. The fourth-order valence-electron chi connectivity index (χ4n) is 6.27. The second-order valence-electron chi connectivity index (χ2n) is 11.7. The lowest BCUT2D eigenvalue weighted by molar-refractivity contribution is 0.0472. The molecule has 0 radical (unpaired) electrons. The van der Waals surface area contributed by atoms with E-state index in [1.165, 1.54) is 0 Å². The van der Waals surface area contributed by atoms with E-state index in [1.807, 2.05) is 66.7 Å². The SMILES string of the molecule is NC1(c2ccc(-c3c(-c4ccc(C(=O)OCc5ccccc5)cc4)nc4n3-c3cccnc3Nc3ccccc3-4)cc2)CCC1. The number of ether oxygens (including phenoxy) is 1. The summed E-state index contributed by atoms with van der Waals surface area (Å²) in [6, 6.07) is 37.9. The number of hydrogen-bond acceptors (Lipinski definition) is 6. The summed E-state index contributed by atoms with van der Waals surface area (Å²) in [6.45, 7) is 0.223. The number of nitrogens with two attached hydrogens (primary N) is 1. The number of carbonyl (C=O) groups is 1. The highest BCUT2D eigenvalue weighted by molar-refractivity contribution is 5.93. The van der Waals surface area contributed by atoms with Gasteiger partial charge in [0.2, 0.25) is 0 Å². The standard InChI is InChI=1S/C38H31N5O2/c39-38(21-7-22-38)29-19-17-27(18-20-29)34-33(26-13-15-28(16-14-26)37(44)45-24-25-8-2-1-3-9-25)42-36-30-10-4-5-11-31(30)41-35-32(43(34)36)12-6-23-40-35/h1-6,8-20,23H,7,21-22,24,39H2,(H,40,41). The van der Waals surface area contributed by atoms with Crippen molar-refractivity contribution in [2.75, 3.05) is 5.32 Å². The van der Waals surface area contributed by atoms with Crippen molar-refractivity contribution in [2.24, 2.45) is 5.73 Å².